The maximum Gasteiger partial charge on any atom is 0.220 e. The molecule has 0 spiro atoms. The van der Waals surface area contributed by atoms with Crippen LogP contribution in [-0.4, -0.2) is 35.7 Å². The van der Waals surface area contributed by atoms with Crippen molar-refractivity contribution in [1.29, 1.82) is 0 Å². The second-order valence-corrected chi connectivity index (χ2v) is 5.08. The first kappa shape index (κ1) is 13.5. The van der Waals surface area contributed by atoms with Gasteiger partial charge in [0.15, 0.2) is 11.5 Å². The third-order valence-corrected chi connectivity index (χ3v) is 3.77. The van der Waals surface area contributed by atoms with Gasteiger partial charge < -0.3 is 25.1 Å². The van der Waals surface area contributed by atoms with E-state index >= 15 is 0 Å². The van der Waals surface area contributed by atoms with Gasteiger partial charge in [-0.2, -0.15) is 0 Å². The first-order chi connectivity index (χ1) is 10.1. The maximum absolute atomic E-state index is 11.3. The zero-order chi connectivity index (χ0) is 15.0. The molecule has 1 aromatic heterocycles. The van der Waals surface area contributed by atoms with E-state index in [9.17, 15) is 4.79 Å². The highest BCUT2D eigenvalue weighted by Gasteiger charge is 2.23. The molecule has 0 aliphatic carbocycles. The number of nitrogens with zero attached hydrogens (tertiary/aromatic N) is 2. The smallest absolute Gasteiger partial charge is 0.220 e. The lowest BCUT2D eigenvalue weighted by molar-refractivity contribution is -0.119. The zero-order valence-corrected chi connectivity index (χ0v) is 12.0. The average Bonchev–Trinajstić information content (AvgIpc) is 3.02. The van der Waals surface area contributed by atoms with Crippen LogP contribution in [0.5, 0.6) is 11.5 Å². The number of carbonyl (C=O) groups is 1. The first-order valence-electron chi connectivity index (χ1n) is 6.79. The van der Waals surface area contributed by atoms with Crippen molar-refractivity contribution in [3.05, 3.63) is 12.1 Å². The highest BCUT2D eigenvalue weighted by molar-refractivity contribution is 5.83. The van der Waals surface area contributed by atoms with Crippen LogP contribution in [0.25, 0.3) is 11.0 Å². The number of hydrogen-bond acceptors (Lipinski definition) is 5. The number of carbonyl (C=O) groups excluding carboxylic acids is 1. The molecular weight excluding hydrogens is 272 g/mol. The van der Waals surface area contributed by atoms with Crippen molar-refractivity contribution in [3.8, 4) is 11.5 Å². The molecule has 0 bridgehead atoms. The molecule has 2 aromatic rings. The van der Waals surface area contributed by atoms with Gasteiger partial charge in [0.05, 0.1) is 25.3 Å². The number of methoxy groups -OCH3 is 2. The fraction of sp³-hybridized carbons (Fsp3) is 0.429. The van der Waals surface area contributed by atoms with E-state index in [2.05, 4.69) is 10.3 Å². The van der Waals surface area contributed by atoms with Crippen LogP contribution in [0.15, 0.2) is 12.1 Å². The topological polar surface area (TPSA) is 91.4 Å². The molecule has 112 valence electrons. The largest absolute Gasteiger partial charge is 0.493 e. The third kappa shape index (κ3) is 2.35. The number of nitrogen functional groups attached to an aromatic ring is 1. The number of imidazole rings is 1. The monoisotopic (exact) mass is 290 g/mol. The number of nitrogens with one attached hydrogen (secondary N) is 1. The van der Waals surface area contributed by atoms with Crippen molar-refractivity contribution in [2.45, 2.75) is 25.4 Å². The molecule has 2 heterocycles. The highest BCUT2D eigenvalue weighted by Crippen LogP contribution is 2.33. The van der Waals surface area contributed by atoms with Crippen molar-refractivity contribution in [2.24, 2.45) is 0 Å². The van der Waals surface area contributed by atoms with E-state index in [1.165, 1.54) is 0 Å². The highest BCUT2D eigenvalue weighted by atomic mass is 16.5. The summed E-state index contributed by atoms with van der Waals surface area (Å²) in [5, 5.41) is 2.94. The summed E-state index contributed by atoms with van der Waals surface area (Å²) < 4.78 is 12.5. The van der Waals surface area contributed by atoms with Gasteiger partial charge in [0, 0.05) is 31.1 Å². The standard InChI is InChI=1S/C14H18N4O3/c1-20-11-5-9-10(6-12(11)21-2)18(14(15)17-9)7-8-3-4-13(19)16-8/h5-6,8H,3-4,7H2,1-2H3,(H2,15,17)(H,16,19). The molecule has 1 aromatic carbocycles. The molecule has 3 N–H and O–H groups in total. The van der Waals surface area contributed by atoms with Gasteiger partial charge in [0.2, 0.25) is 11.9 Å². The predicted octanol–water partition coefficient (Wildman–Crippen LogP) is 0.914. The second-order valence-electron chi connectivity index (χ2n) is 5.08. The van der Waals surface area contributed by atoms with Crippen molar-refractivity contribution >= 4 is 22.9 Å². The van der Waals surface area contributed by atoms with Crippen LogP contribution >= 0.6 is 0 Å². The lowest BCUT2D eigenvalue weighted by atomic mass is 10.2. The second kappa shape index (κ2) is 5.16. The number of nitrogens with two attached hydrogens (primary N) is 1. The van der Waals surface area contributed by atoms with E-state index in [0.29, 0.717) is 30.4 Å². The molecule has 1 saturated heterocycles. The van der Waals surface area contributed by atoms with E-state index in [0.717, 1.165) is 17.5 Å². The van der Waals surface area contributed by atoms with Crippen LogP contribution in [-0.2, 0) is 11.3 Å². The van der Waals surface area contributed by atoms with Gasteiger partial charge in [-0.05, 0) is 6.42 Å². The Kier molecular flexibility index (Phi) is 3.32. The van der Waals surface area contributed by atoms with Crippen LogP contribution in [0.1, 0.15) is 12.8 Å². The summed E-state index contributed by atoms with van der Waals surface area (Å²) in [6, 6.07) is 3.74. The quantitative estimate of drug-likeness (QED) is 0.873. The normalized spacial score (nSPS) is 18.0. The van der Waals surface area contributed by atoms with Crippen LogP contribution in [0.2, 0.25) is 0 Å². The zero-order valence-electron chi connectivity index (χ0n) is 12.0. The molecule has 1 aliphatic rings. The van der Waals surface area contributed by atoms with E-state index in [4.69, 9.17) is 15.2 Å². The van der Waals surface area contributed by atoms with Crippen molar-refractivity contribution in [3.63, 3.8) is 0 Å². The maximum atomic E-state index is 11.3. The number of aromatic nitrogens is 2. The molecule has 1 unspecified atom stereocenters. The Bertz CT molecular complexity index is 695. The Hall–Kier alpha value is -2.44. The van der Waals surface area contributed by atoms with Crippen LogP contribution < -0.4 is 20.5 Å². The number of anilines is 1. The third-order valence-electron chi connectivity index (χ3n) is 3.77. The number of fused-ring (bicyclic) bond motifs is 1. The first-order valence-corrected chi connectivity index (χ1v) is 6.79. The molecule has 1 amide bonds. The minimum atomic E-state index is 0.0854. The summed E-state index contributed by atoms with van der Waals surface area (Å²) in [4.78, 5) is 15.7. The van der Waals surface area contributed by atoms with Gasteiger partial charge in [-0.25, -0.2) is 4.98 Å². The predicted molar refractivity (Wildman–Crippen MR) is 78.4 cm³/mol. The number of rotatable bonds is 4. The molecule has 1 atom stereocenters. The molecule has 7 heteroatoms. The molecule has 3 rings (SSSR count). The fourth-order valence-electron chi connectivity index (χ4n) is 2.70. The summed E-state index contributed by atoms with van der Waals surface area (Å²) in [6.07, 6.45) is 1.37. The summed E-state index contributed by atoms with van der Waals surface area (Å²) in [7, 11) is 3.17. The van der Waals surface area contributed by atoms with Crippen molar-refractivity contribution in [2.75, 3.05) is 20.0 Å². The molecule has 0 saturated carbocycles. The molecule has 21 heavy (non-hydrogen) atoms. The number of ether oxygens (including phenoxy) is 2. The van der Waals surface area contributed by atoms with Gasteiger partial charge in [-0.1, -0.05) is 0 Å². The molecule has 1 fully saturated rings. The minimum absolute atomic E-state index is 0.0854. The Balaban J connectivity index is 2.01. The van der Waals surface area contributed by atoms with E-state index in [1.54, 1.807) is 20.3 Å². The molecule has 0 radical (unpaired) electrons. The summed E-state index contributed by atoms with van der Waals surface area (Å²) in [5.74, 6) is 1.74. The van der Waals surface area contributed by atoms with Crippen LogP contribution in [0.3, 0.4) is 0 Å². The summed E-state index contributed by atoms with van der Waals surface area (Å²) in [6.45, 7) is 0.601. The van der Waals surface area contributed by atoms with Crippen molar-refractivity contribution in [1.82, 2.24) is 14.9 Å². The lowest BCUT2D eigenvalue weighted by Gasteiger charge is -2.13. The Morgan fingerprint density at radius 2 is 2.10 bits per heavy atom. The van der Waals surface area contributed by atoms with Gasteiger partial charge in [-0.15, -0.1) is 0 Å². The molecular formula is C14H18N4O3. The van der Waals surface area contributed by atoms with Crippen LogP contribution in [0, 0.1) is 0 Å². The molecule has 1 aliphatic heterocycles. The number of amides is 1. The SMILES string of the molecule is COc1cc2nc(N)n(CC3CCC(=O)N3)c2cc1OC. The van der Waals surface area contributed by atoms with Gasteiger partial charge in [0.25, 0.3) is 0 Å². The Morgan fingerprint density at radius 3 is 2.71 bits per heavy atom. The number of hydrogen-bond donors (Lipinski definition) is 2. The van der Waals surface area contributed by atoms with E-state index < -0.39 is 0 Å². The van der Waals surface area contributed by atoms with Crippen molar-refractivity contribution < 1.29 is 14.3 Å². The van der Waals surface area contributed by atoms with Gasteiger partial charge in [-0.3, -0.25) is 4.79 Å². The molecule has 7 nitrogen and oxygen atoms in total. The fourth-order valence-corrected chi connectivity index (χ4v) is 2.70. The van der Waals surface area contributed by atoms with Gasteiger partial charge in [0.1, 0.15) is 0 Å². The Morgan fingerprint density at radius 1 is 1.38 bits per heavy atom. The van der Waals surface area contributed by atoms with Crippen LogP contribution in [0.4, 0.5) is 5.95 Å². The Labute approximate surface area is 122 Å². The van der Waals surface area contributed by atoms with E-state index in [1.807, 2.05) is 10.6 Å². The number of benzene rings is 1. The van der Waals surface area contributed by atoms with Gasteiger partial charge >= 0.3 is 0 Å². The van der Waals surface area contributed by atoms with E-state index in [-0.39, 0.29) is 11.9 Å². The minimum Gasteiger partial charge on any atom is -0.493 e. The average molecular weight is 290 g/mol. The summed E-state index contributed by atoms with van der Waals surface area (Å²) >= 11 is 0. The summed E-state index contributed by atoms with van der Waals surface area (Å²) in [5.41, 5.74) is 7.62. The lowest BCUT2D eigenvalue weighted by Crippen LogP contribution is -2.29.